The molecule has 0 amide bonds. The van der Waals surface area contributed by atoms with Gasteiger partial charge in [0.05, 0.1) is 5.92 Å². The molecule has 1 unspecified atom stereocenters. The van der Waals surface area contributed by atoms with Crippen molar-refractivity contribution in [3.63, 3.8) is 0 Å². The first-order valence-corrected chi connectivity index (χ1v) is 5.78. The Bertz CT molecular complexity index is 361. The number of hydrogen-bond acceptors (Lipinski definition) is 1. The summed E-state index contributed by atoms with van der Waals surface area (Å²) in [5.41, 5.74) is 2.39. The number of carbonyl (C=O) groups is 1. The van der Waals surface area contributed by atoms with Gasteiger partial charge in [-0.15, -0.1) is 0 Å². The maximum atomic E-state index is 10.6. The molecule has 0 bridgehead atoms. The van der Waals surface area contributed by atoms with Gasteiger partial charge in [0.1, 0.15) is 0 Å². The summed E-state index contributed by atoms with van der Waals surface area (Å²) in [5, 5.41) is 8.75. The Morgan fingerprint density at radius 2 is 2.20 bits per heavy atom. The molecule has 0 aliphatic carbocycles. The highest BCUT2D eigenvalue weighted by Gasteiger charge is 2.10. The molecule has 0 saturated carbocycles. The molecule has 0 saturated heterocycles. The van der Waals surface area contributed by atoms with Crippen molar-refractivity contribution in [2.75, 3.05) is 0 Å². The zero-order valence-electron chi connectivity index (χ0n) is 8.96. The minimum Gasteiger partial charge on any atom is -0.481 e. The molecular weight excluding hydrogens is 256 g/mol. The van der Waals surface area contributed by atoms with Crippen molar-refractivity contribution in [1.29, 1.82) is 0 Å². The number of carboxylic acid groups (broad SMARTS) is 1. The van der Waals surface area contributed by atoms with Crippen LogP contribution in [0.3, 0.4) is 0 Å². The number of benzene rings is 1. The van der Waals surface area contributed by atoms with Crippen molar-refractivity contribution in [3.8, 4) is 0 Å². The van der Waals surface area contributed by atoms with Crippen LogP contribution in [0.15, 0.2) is 22.7 Å². The van der Waals surface area contributed by atoms with E-state index in [1.807, 2.05) is 19.1 Å². The third kappa shape index (κ3) is 3.67. The van der Waals surface area contributed by atoms with Crippen molar-refractivity contribution < 1.29 is 9.90 Å². The highest BCUT2D eigenvalue weighted by molar-refractivity contribution is 9.10. The molecule has 0 heterocycles. The van der Waals surface area contributed by atoms with Crippen molar-refractivity contribution in [2.45, 2.75) is 26.7 Å². The molecule has 15 heavy (non-hydrogen) atoms. The second kappa shape index (κ2) is 5.31. The SMILES string of the molecule is Cc1cc(CCC(C)C(=O)O)ccc1Br. The predicted octanol–water partition coefficient (Wildman–Crippen LogP) is 3.41. The van der Waals surface area contributed by atoms with Crippen LogP contribution in [0.2, 0.25) is 0 Å². The number of rotatable bonds is 4. The highest BCUT2D eigenvalue weighted by Crippen LogP contribution is 2.19. The van der Waals surface area contributed by atoms with E-state index < -0.39 is 5.97 Å². The van der Waals surface area contributed by atoms with Gasteiger partial charge in [0, 0.05) is 4.47 Å². The first kappa shape index (κ1) is 12.2. The van der Waals surface area contributed by atoms with Gasteiger partial charge in [-0.1, -0.05) is 35.0 Å². The van der Waals surface area contributed by atoms with E-state index in [1.54, 1.807) is 6.92 Å². The van der Waals surface area contributed by atoms with Gasteiger partial charge < -0.3 is 5.11 Å². The summed E-state index contributed by atoms with van der Waals surface area (Å²) in [6, 6.07) is 6.14. The van der Waals surface area contributed by atoms with Crippen LogP contribution in [0.5, 0.6) is 0 Å². The zero-order valence-corrected chi connectivity index (χ0v) is 10.5. The van der Waals surface area contributed by atoms with E-state index in [-0.39, 0.29) is 5.92 Å². The first-order chi connectivity index (χ1) is 7.00. The van der Waals surface area contributed by atoms with Crippen LogP contribution < -0.4 is 0 Å². The Morgan fingerprint density at radius 1 is 1.53 bits per heavy atom. The standard InChI is InChI=1S/C12H15BrO2/c1-8(12(14)15)3-4-10-5-6-11(13)9(2)7-10/h5-8H,3-4H2,1-2H3,(H,14,15). The number of halogens is 1. The number of carboxylic acids is 1. The highest BCUT2D eigenvalue weighted by atomic mass is 79.9. The average Bonchev–Trinajstić information content (AvgIpc) is 2.19. The Hall–Kier alpha value is -0.830. The van der Waals surface area contributed by atoms with E-state index in [0.717, 1.165) is 10.9 Å². The van der Waals surface area contributed by atoms with Gasteiger partial charge in [0.15, 0.2) is 0 Å². The van der Waals surface area contributed by atoms with Crippen molar-refractivity contribution in [2.24, 2.45) is 5.92 Å². The van der Waals surface area contributed by atoms with Gasteiger partial charge in [-0.3, -0.25) is 4.79 Å². The van der Waals surface area contributed by atoms with Crippen LogP contribution >= 0.6 is 15.9 Å². The minimum absolute atomic E-state index is 0.269. The van der Waals surface area contributed by atoms with Crippen LogP contribution in [0.25, 0.3) is 0 Å². The van der Waals surface area contributed by atoms with Crippen LogP contribution in [0.1, 0.15) is 24.5 Å². The normalized spacial score (nSPS) is 12.5. The largest absolute Gasteiger partial charge is 0.481 e. The summed E-state index contributed by atoms with van der Waals surface area (Å²) in [7, 11) is 0. The molecule has 3 heteroatoms. The monoisotopic (exact) mass is 270 g/mol. The molecule has 0 aliphatic rings. The smallest absolute Gasteiger partial charge is 0.306 e. The second-order valence-electron chi connectivity index (χ2n) is 3.86. The molecule has 1 aromatic rings. The third-order valence-electron chi connectivity index (χ3n) is 2.51. The lowest BCUT2D eigenvalue weighted by Gasteiger charge is -2.07. The van der Waals surface area contributed by atoms with Gasteiger partial charge in [0.25, 0.3) is 0 Å². The van der Waals surface area contributed by atoms with Gasteiger partial charge in [-0.05, 0) is 37.0 Å². The molecular formula is C12H15BrO2. The van der Waals surface area contributed by atoms with Gasteiger partial charge >= 0.3 is 5.97 Å². The summed E-state index contributed by atoms with van der Waals surface area (Å²) in [4.78, 5) is 10.6. The van der Waals surface area contributed by atoms with E-state index in [9.17, 15) is 4.79 Å². The Labute approximate surface area is 98.4 Å². The topological polar surface area (TPSA) is 37.3 Å². The molecule has 0 aliphatic heterocycles. The van der Waals surface area contributed by atoms with Crippen molar-refractivity contribution in [3.05, 3.63) is 33.8 Å². The lowest BCUT2D eigenvalue weighted by atomic mass is 10.0. The quantitative estimate of drug-likeness (QED) is 0.911. The van der Waals surface area contributed by atoms with Crippen molar-refractivity contribution >= 4 is 21.9 Å². The minimum atomic E-state index is -0.719. The van der Waals surface area contributed by atoms with Crippen LogP contribution in [-0.2, 0) is 11.2 Å². The molecule has 2 nitrogen and oxygen atoms in total. The molecule has 1 rings (SSSR count). The Morgan fingerprint density at radius 3 is 2.73 bits per heavy atom. The van der Waals surface area contributed by atoms with Crippen LogP contribution in [0.4, 0.5) is 0 Å². The molecule has 0 radical (unpaired) electrons. The van der Waals surface area contributed by atoms with E-state index in [1.165, 1.54) is 11.1 Å². The third-order valence-corrected chi connectivity index (χ3v) is 3.40. The molecule has 1 N–H and O–H groups in total. The maximum Gasteiger partial charge on any atom is 0.306 e. The molecule has 1 atom stereocenters. The van der Waals surface area contributed by atoms with E-state index in [4.69, 9.17) is 5.11 Å². The Kier molecular flexibility index (Phi) is 4.33. The fourth-order valence-corrected chi connectivity index (χ4v) is 1.62. The summed E-state index contributed by atoms with van der Waals surface area (Å²) in [6.07, 6.45) is 1.51. The molecule has 0 spiro atoms. The van der Waals surface area contributed by atoms with E-state index >= 15 is 0 Å². The molecule has 0 fully saturated rings. The number of hydrogen-bond donors (Lipinski definition) is 1. The zero-order chi connectivity index (χ0) is 11.4. The summed E-state index contributed by atoms with van der Waals surface area (Å²) in [5.74, 6) is -0.988. The van der Waals surface area contributed by atoms with Gasteiger partial charge in [0.2, 0.25) is 0 Å². The lowest BCUT2D eigenvalue weighted by molar-refractivity contribution is -0.141. The van der Waals surface area contributed by atoms with Crippen molar-refractivity contribution in [1.82, 2.24) is 0 Å². The van der Waals surface area contributed by atoms with Gasteiger partial charge in [-0.25, -0.2) is 0 Å². The summed E-state index contributed by atoms with van der Waals surface area (Å²) < 4.78 is 1.09. The first-order valence-electron chi connectivity index (χ1n) is 4.98. The summed E-state index contributed by atoms with van der Waals surface area (Å²) >= 11 is 3.44. The van der Waals surface area contributed by atoms with E-state index in [0.29, 0.717) is 6.42 Å². The second-order valence-corrected chi connectivity index (χ2v) is 4.72. The van der Waals surface area contributed by atoms with E-state index in [2.05, 4.69) is 22.0 Å². The Balaban J connectivity index is 2.58. The van der Waals surface area contributed by atoms with Gasteiger partial charge in [-0.2, -0.15) is 0 Å². The predicted molar refractivity (Wildman–Crippen MR) is 64.0 cm³/mol. The molecule has 0 aromatic heterocycles. The average molecular weight is 271 g/mol. The number of aryl methyl sites for hydroxylation is 2. The maximum absolute atomic E-state index is 10.6. The summed E-state index contributed by atoms with van der Waals surface area (Å²) in [6.45, 7) is 3.78. The van der Waals surface area contributed by atoms with Crippen LogP contribution in [0, 0.1) is 12.8 Å². The fourth-order valence-electron chi connectivity index (χ4n) is 1.37. The molecule has 82 valence electrons. The lowest BCUT2D eigenvalue weighted by Crippen LogP contribution is -2.10. The number of aliphatic carboxylic acids is 1. The fraction of sp³-hybridized carbons (Fsp3) is 0.417. The van der Waals surface area contributed by atoms with Crippen LogP contribution in [-0.4, -0.2) is 11.1 Å². The molecule has 1 aromatic carbocycles.